The Kier molecular flexibility index (Phi) is 7.06. The van der Waals surface area contributed by atoms with E-state index in [0.29, 0.717) is 18.9 Å². The van der Waals surface area contributed by atoms with E-state index in [9.17, 15) is 9.18 Å². The number of aromatic nitrogens is 1. The predicted octanol–water partition coefficient (Wildman–Crippen LogP) is 3.17. The van der Waals surface area contributed by atoms with Crippen LogP contribution in [-0.4, -0.2) is 30.5 Å². The molecular weight excluding hydrogens is 329 g/mol. The van der Waals surface area contributed by atoms with E-state index in [1.54, 1.807) is 6.07 Å². The summed E-state index contributed by atoms with van der Waals surface area (Å²) in [6.45, 7) is 2.77. The maximum Gasteiger partial charge on any atom is 0.220 e. The van der Waals surface area contributed by atoms with Gasteiger partial charge in [0.05, 0.1) is 0 Å². The number of carbonyl (C=O) groups excluding carboxylic acids is 1. The third kappa shape index (κ3) is 4.95. The Hall–Kier alpha value is -1.59. The molecule has 1 aliphatic heterocycles. The third-order valence-corrected chi connectivity index (χ3v) is 4.68. The number of nitrogens with one attached hydrogen (secondary N) is 3. The largest absolute Gasteiger partial charge is 0.361 e. The van der Waals surface area contributed by atoms with Crippen LogP contribution in [0.2, 0.25) is 0 Å². The Labute approximate surface area is 148 Å². The summed E-state index contributed by atoms with van der Waals surface area (Å²) < 4.78 is 13.2. The van der Waals surface area contributed by atoms with Gasteiger partial charge in [0.1, 0.15) is 5.82 Å². The smallest absolute Gasteiger partial charge is 0.220 e. The number of H-pyrrole nitrogens is 1. The molecule has 132 valence electrons. The summed E-state index contributed by atoms with van der Waals surface area (Å²) in [7, 11) is 0. The van der Waals surface area contributed by atoms with Crippen molar-refractivity contribution in [3.63, 3.8) is 0 Å². The predicted molar refractivity (Wildman–Crippen MR) is 97.0 cm³/mol. The highest BCUT2D eigenvalue weighted by molar-refractivity contribution is 5.85. The van der Waals surface area contributed by atoms with Crippen LogP contribution in [0.3, 0.4) is 0 Å². The molecule has 0 saturated carbocycles. The second-order valence-electron chi connectivity index (χ2n) is 6.34. The number of hydrogen-bond donors (Lipinski definition) is 3. The fraction of sp³-hybridized carbons (Fsp3) is 0.500. The maximum absolute atomic E-state index is 13.2. The van der Waals surface area contributed by atoms with Crippen molar-refractivity contribution in [2.24, 2.45) is 5.92 Å². The van der Waals surface area contributed by atoms with Gasteiger partial charge in [0.25, 0.3) is 0 Å². The molecule has 3 N–H and O–H groups in total. The van der Waals surface area contributed by atoms with E-state index in [2.05, 4.69) is 15.6 Å². The topological polar surface area (TPSA) is 56.9 Å². The van der Waals surface area contributed by atoms with Crippen molar-refractivity contribution in [2.75, 3.05) is 19.6 Å². The second-order valence-corrected chi connectivity index (χ2v) is 6.34. The maximum atomic E-state index is 13.2. The van der Waals surface area contributed by atoms with Crippen LogP contribution in [-0.2, 0) is 11.2 Å². The number of amides is 1. The molecule has 1 fully saturated rings. The van der Waals surface area contributed by atoms with Gasteiger partial charge in [-0.3, -0.25) is 4.79 Å². The molecule has 2 aromatic rings. The van der Waals surface area contributed by atoms with Crippen LogP contribution in [0.4, 0.5) is 4.39 Å². The van der Waals surface area contributed by atoms with Crippen molar-refractivity contribution in [1.82, 2.24) is 15.6 Å². The summed E-state index contributed by atoms with van der Waals surface area (Å²) >= 11 is 0. The zero-order valence-electron chi connectivity index (χ0n) is 13.7. The first-order valence-electron chi connectivity index (χ1n) is 8.45. The van der Waals surface area contributed by atoms with Crippen molar-refractivity contribution in [3.8, 4) is 0 Å². The Balaban J connectivity index is 0.00000208. The average Bonchev–Trinajstić information content (AvgIpc) is 2.96. The number of carbonyl (C=O) groups is 1. The van der Waals surface area contributed by atoms with Gasteiger partial charge in [0.2, 0.25) is 5.91 Å². The minimum absolute atomic E-state index is 0. The van der Waals surface area contributed by atoms with Crippen LogP contribution in [0.15, 0.2) is 24.4 Å². The standard InChI is InChI=1S/C18H24FN3O.ClH/c19-15-2-3-16-14(12-22-17(16)11-15)7-10-21-18(23)4-1-13-5-8-20-9-6-13;/h2-3,11-13,20,22H,1,4-10H2,(H,21,23);1H. The quantitative estimate of drug-likeness (QED) is 0.747. The molecule has 0 aliphatic carbocycles. The van der Waals surface area contributed by atoms with Gasteiger partial charge >= 0.3 is 0 Å². The summed E-state index contributed by atoms with van der Waals surface area (Å²) in [5.41, 5.74) is 1.91. The molecule has 24 heavy (non-hydrogen) atoms. The highest BCUT2D eigenvalue weighted by Crippen LogP contribution is 2.20. The first kappa shape index (κ1) is 18.7. The van der Waals surface area contributed by atoms with E-state index in [4.69, 9.17) is 0 Å². The first-order valence-corrected chi connectivity index (χ1v) is 8.45. The van der Waals surface area contributed by atoms with Crippen molar-refractivity contribution >= 4 is 29.2 Å². The Morgan fingerprint density at radius 1 is 1.29 bits per heavy atom. The fourth-order valence-corrected chi connectivity index (χ4v) is 3.30. The van der Waals surface area contributed by atoms with E-state index in [-0.39, 0.29) is 24.1 Å². The Morgan fingerprint density at radius 2 is 2.08 bits per heavy atom. The molecule has 1 amide bonds. The number of fused-ring (bicyclic) bond motifs is 1. The van der Waals surface area contributed by atoms with Crippen LogP contribution >= 0.6 is 12.4 Å². The molecule has 1 aliphatic rings. The monoisotopic (exact) mass is 353 g/mol. The molecule has 1 aromatic heterocycles. The average molecular weight is 354 g/mol. The molecule has 0 radical (unpaired) electrons. The van der Waals surface area contributed by atoms with Gasteiger partial charge in [-0.2, -0.15) is 0 Å². The van der Waals surface area contributed by atoms with E-state index in [1.165, 1.54) is 25.0 Å². The zero-order valence-corrected chi connectivity index (χ0v) is 14.6. The summed E-state index contributed by atoms with van der Waals surface area (Å²) in [5, 5.41) is 7.36. The fourth-order valence-electron chi connectivity index (χ4n) is 3.30. The Bertz CT molecular complexity index is 667. The van der Waals surface area contributed by atoms with E-state index >= 15 is 0 Å². The van der Waals surface area contributed by atoms with Gasteiger partial charge < -0.3 is 15.6 Å². The van der Waals surface area contributed by atoms with Gasteiger partial charge in [-0.15, -0.1) is 12.4 Å². The number of benzene rings is 1. The lowest BCUT2D eigenvalue weighted by Gasteiger charge is -2.22. The lowest BCUT2D eigenvalue weighted by Crippen LogP contribution is -2.30. The molecule has 6 heteroatoms. The summed E-state index contributed by atoms with van der Waals surface area (Å²) in [5.74, 6) is 0.581. The highest BCUT2D eigenvalue weighted by atomic mass is 35.5. The van der Waals surface area contributed by atoms with Gasteiger partial charge in [-0.25, -0.2) is 4.39 Å². The SMILES string of the molecule is Cl.O=C(CCC1CCNCC1)NCCc1c[nH]c2cc(F)ccc12. The van der Waals surface area contributed by atoms with Crippen molar-refractivity contribution < 1.29 is 9.18 Å². The normalized spacial score (nSPS) is 15.2. The lowest BCUT2D eigenvalue weighted by atomic mass is 9.93. The minimum atomic E-state index is -0.239. The number of piperidine rings is 1. The molecule has 1 saturated heterocycles. The van der Waals surface area contributed by atoms with E-state index in [0.717, 1.165) is 42.4 Å². The van der Waals surface area contributed by atoms with E-state index in [1.807, 2.05) is 6.20 Å². The summed E-state index contributed by atoms with van der Waals surface area (Å²) in [6, 6.07) is 4.75. The summed E-state index contributed by atoms with van der Waals surface area (Å²) in [4.78, 5) is 15.0. The number of rotatable bonds is 6. The van der Waals surface area contributed by atoms with Gasteiger partial charge in [-0.05, 0) is 68.5 Å². The van der Waals surface area contributed by atoms with Crippen LogP contribution in [0, 0.1) is 11.7 Å². The van der Waals surface area contributed by atoms with Crippen molar-refractivity contribution in [2.45, 2.75) is 32.1 Å². The number of aromatic amines is 1. The molecule has 3 rings (SSSR count). The summed E-state index contributed by atoms with van der Waals surface area (Å²) in [6.07, 6.45) is 6.61. The molecular formula is C18H25ClFN3O. The van der Waals surface area contributed by atoms with Crippen LogP contribution in [0.1, 0.15) is 31.2 Å². The lowest BCUT2D eigenvalue weighted by molar-refractivity contribution is -0.121. The minimum Gasteiger partial charge on any atom is -0.361 e. The van der Waals surface area contributed by atoms with Gasteiger partial charge in [0.15, 0.2) is 0 Å². The molecule has 0 unspecified atom stereocenters. The van der Waals surface area contributed by atoms with Crippen LogP contribution in [0.5, 0.6) is 0 Å². The van der Waals surface area contributed by atoms with Gasteiger partial charge in [-0.1, -0.05) is 0 Å². The van der Waals surface area contributed by atoms with Crippen LogP contribution in [0.25, 0.3) is 10.9 Å². The Morgan fingerprint density at radius 3 is 2.88 bits per heavy atom. The van der Waals surface area contributed by atoms with Crippen molar-refractivity contribution in [1.29, 1.82) is 0 Å². The molecule has 0 bridgehead atoms. The number of hydrogen-bond acceptors (Lipinski definition) is 2. The zero-order chi connectivity index (χ0) is 16.1. The van der Waals surface area contributed by atoms with E-state index < -0.39 is 0 Å². The van der Waals surface area contributed by atoms with Gasteiger partial charge in [0, 0.05) is 30.1 Å². The number of halogens is 2. The molecule has 0 spiro atoms. The second kappa shape index (κ2) is 9.04. The molecule has 1 aromatic carbocycles. The molecule has 4 nitrogen and oxygen atoms in total. The molecule has 0 atom stereocenters. The van der Waals surface area contributed by atoms with Crippen LogP contribution < -0.4 is 10.6 Å². The first-order chi connectivity index (χ1) is 11.2. The van der Waals surface area contributed by atoms with Crippen molar-refractivity contribution in [3.05, 3.63) is 35.8 Å². The third-order valence-electron chi connectivity index (χ3n) is 4.68. The molecule has 2 heterocycles. The highest BCUT2D eigenvalue weighted by Gasteiger charge is 2.14.